The highest BCUT2D eigenvalue weighted by molar-refractivity contribution is 6.77. The molecule has 0 fully saturated rings. The first-order valence-corrected chi connectivity index (χ1v) is 9.48. The van der Waals surface area contributed by atoms with E-state index in [1.807, 2.05) is 13.8 Å². The molecule has 0 spiro atoms. The molecule has 0 aromatic rings. The van der Waals surface area contributed by atoms with Gasteiger partial charge >= 0.3 is 0 Å². The summed E-state index contributed by atoms with van der Waals surface area (Å²) in [5, 5.41) is 0. The fourth-order valence-corrected chi connectivity index (χ4v) is 2.37. The van der Waals surface area contributed by atoms with Crippen LogP contribution in [0, 0.1) is 0 Å². The van der Waals surface area contributed by atoms with Gasteiger partial charge in [-0.15, -0.1) is 0 Å². The molecule has 3 nitrogen and oxygen atoms in total. The van der Waals surface area contributed by atoms with Gasteiger partial charge in [0.25, 0.3) is 0 Å². The molecule has 1 unspecified atom stereocenters. The van der Waals surface area contributed by atoms with Crippen molar-refractivity contribution in [3.05, 3.63) is 0 Å². The lowest BCUT2D eigenvalue weighted by Gasteiger charge is -2.26. The maximum absolute atomic E-state index is 6.14. The highest BCUT2D eigenvalue weighted by Crippen LogP contribution is 2.13. The van der Waals surface area contributed by atoms with Crippen molar-refractivity contribution in [3.8, 4) is 0 Å². The summed E-state index contributed by atoms with van der Waals surface area (Å²) in [4.78, 5) is 0. The van der Waals surface area contributed by atoms with E-state index < -0.39 is 8.07 Å². The molecule has 0 saturated carbocycles. The van der Waals surface area contributed by atoms with Crippen molar-refractivity contribution in [2.24, 2.45) is 5.73 Å². The standard InChI is InChI=1S/C11H27NO2Si/c1-6-13-11(14-7-2)9-8-10(12)15(3,4)5/h10-11H,6-9,12H2,1-5H3. The molecule has 4 heteroatoms. The number of rotatable bonds is 8. The summed E-state index contributed by atoms with van der Waals surface area (Å²) in [7, 11) is -1.21. The smallest absolute Gasteiger partial charge is 0.157 e. The Bertz CT molecular complexity index is 153. The molecule has 0 amide bonds. The van der Waals surface area contributed by atoms with Gasteiger partial charge in [0.2, 0.25) is 0 Å². The zero-order valence-corrected chi connectivity index (χ0v) is 11.9. The zero-order chi connectivity index (χ0) is 11.9. The molecule has 0 rings (SSSR count). The van der Waals surface area contributed by atoms with Crippen LogP contribution in [0.1, 0.15) is 26.7 Å². The van der Waals surface area contributed by atoms with Gasteiger partial charge in [0, 0.05) is 13.2 Å². The van der Waals surface area contributed by atoms with Crippen LogP contribution in [0.2, 0.25) is 19.6 Å². The molecular weight excluding hydrogens is 206 g/mol. The van der Waals surface area contributed by atoms with Gasteiger partial charge < -0.3 is 15.2 Å². The first kappa shape index (κ1) is 15.1. The fourth-order valence-electron chi connectivity index (χ4n) is 1.34. The molecule has 0 aliphatic rings. The quantitative estimate of drug-likeness (QED) is 0.517. The Morgan fingerprint density at radius 3 is 1.80 bits per heavy atom. The van der Waals surface area contributed by atoms with Gasteiger partial charge in [0.15, 0.2) is 6.29 Å². The summed E-state index contributed by atoms with van der Waals surface area (Å²) in [5.41, 5.74) is 6.48. The van der Waals surface area contributed by atoms with E-state index >= 15 is 0 Å². The minimum atomic E-state index is -1.21. The van der Waals surface area contributed by atoms with Gasteiger partial charge in [-0.25, -0.2) is 0 Å². The highest BCUT2D eigenvalue weighted by Gasteiger charge is 2.23. The summed E-state index contributed by atoms with van der Waals surface area (Å²) in [6, 6.07) is 0. The van der Waals surface area contributed by atoms with Gasteiger partial charge in [-0.1, -0.05) is 19.6 Å². The van der Waals surface area contributed by atoms with Gasteiger partial charge in [0.05, 0.1) is 8.07 Å². The Labute approximate surface area is 95.3 Å². The van der Waals surface area contributed by atoms with Crippen LogP contribution in [-0.4, -0.2) is 33.2 Å². The molecule has 0 aromatic heterocycles. The van der Waals surface area contributed by atoms with E-state index in [4.69, 9.17) is 15.2 Å². The second-order valence-electron chi connectivity index (χ2n) is 4.89. The van der Waals surface area contributed by atoms with Crippen LogP contribution in [-0.2, 0) is 9.47 Å². The first-order valence-electron chi connectivity index (χ1n) is 5.90. The van der Waals surface area contributed by atoms with Crippen molar-refractivity contribution in [1.82, 2.24) is 0 Å². The van der Waals surface area contributed by atoms with Crippen molar-refractivity contribution in [1.29, 1.82) is 0 Å². The Kier molecular flexibility index (Phi) is 7.43. The SMILES string of the molecule is CCOC(CCC(N)[Si](C)(C)C)OCC. The third-order valence-corrected chi connectivity index (χ3v) is 5.04. The predicted octanol–water partition coefficient (Wildman–Crippen LogP) is 2.37. The van der Waals surface area contributed by atoms with Crippen molar-refractivity contribution in [2.75, 3.05) is 13.2 Å². The monoisotopic (exact) mass is 233 g/mol. The number of ether oxygens (including phenoxy) is 2. The normalized spacial score (nSPS) is 14.6. The number of nitrogens with two attached hydrogens (primary N) is 1. The van der Waals surface area contributed by atoms with Crippen LogP contribution in [0.15, 0.2) is 0 Å². The molecule has 0 aromatic carbocycles. The van der Waals surface area contributed by atoms with E-state index in [-0.39, 0.29) is 6.29 Å². The van der Waals surface area contributed by atoms with Crippen LogP contribution in [0.3, 0.4) is 0 Å². The molecule has 92 valence electrons. The van der Waals surface area contributed by atoms with Crippen molar-refractivity contribution in [2.45, 2.75) is 58.3 Å². The van der Waals surface area contributed by atoms with Crippen molar-refractivity contribution >= 4 is 8.07 Å². The van der Waals surface area contributed by atoms with Crippen LogP contribution >= 0.6 is 0 Å². The molecule has 0 radical (unpaired) electrons. The van der Waals surface area contributed by atoms with Crippen LogP contribution < -0.4 is 5.73 Å². The minimum Gasteiger partial charge on any atom is -0.353 e. The van der Waals surface area contributed by atoms with Crippen molar-refractivity contribution in [3.63, 3.8) is 0 Å². The largest absolute Gasteiger partial charge is 0.353 e. The maximum atomic E-state index is 6.14. The van der Waals surface area contributed by atoms with E-state index in [1.54, 1.807) is 0 Å². The highest BCUT2D eigenvalue weighted by atomic mass is 28.3. The van der Waals surface area contributed by atoms with Gasteiger partial charge in [-0.05, 0) is 32.4 Å². The molecule has 2 N–H and O–H groups in total. The first-order chi connectivity index (χ1) is 6.91. The lowest BCUT2D eigenvalue weighted by Crippen LogP contribution is -2.45. The summed E-state index contributed by atoms with van der Waals surface area (Å²) >= 11 is 0. The Hall–Kier alpha value is 0.0969. The van der Waals surface area contributed by atoms with E-state index in [2.05, 4.69) is 19.6 Å². The van der Waals surface area contributed by atoms with Gasteiger partial charge in [-0.2, -0.15) is 0 Å². The Morgan fingerprint density at radius 2 is 1.47 bits per heavy atom. The van der Waals surface area contributed by atoms with Crippen LogP contribution in [0.5, 0.6) is 0 Å². The molecule has 1 atom stereocenters. The molecule has 0 heterocycles. The topological polar surface area (TPSA) is 44.5 Å². The van der Waals surface area contributed by atoms with E-state index in [1.165, 1.54) is 0 Å². The van der Waals surface area contributed by atoms with E-state index in [0.717, 1.165) is 12.8 Å². The van der Waals surface area contributed by atoms with E-state index in [9.17, 15) is 0 Å². The molecule has 0 aliphatic carbocycles. The Balaban J connectivity index is 3.87. The second-order valence-corrected chi connectivity index (χ2v) is 10.4. The average molecular weight is 233 g/mol. The lowest BCUT2D eigenvalue weighted by atomic mass is 10.3. The number of hydrogen-bond acceptors (Lipinski definition) is 3. The minimum absolute atomic E-state index is 0.0672. The Morgan fingerprint density at radius 1 is 1.00 bits per heavy atom. The molecule has 0 saturated heterocycles. The van der Waals surface area contributed by atoms with Gasteiger partial charge in [0.1, 0.15) is 0 Å². The molecular formula is C11H27NO2Si. The lowest BCUT2D eigenvalue weighted by molar-refractivity contribution is -0.140. The average Bonchev–Trinajstić information content (AvgIpc) is 2.12. The predicted molar refractivity (Wildman–Crippen MR) is 67.6 cm³/mol. The molecule has 0 bridgehead atoms. The second kappa shape index (κ2) is 7.38. The number of hydrogen-bond donors (Lipinski definition) is 1. The third-order valence-electron chi connectivity index (χ3n) is 2.53. The molecule has 15 heavy (non-hydrogen) atoms. The summed E-state index contributed by atoms with van der Waals surface area (Å²) in [6.07, 6.45) is 1.84. The van der Waals surface area contributed by atoms with Crippen molar-refractivity contribution < 1.29 is 9.47 Å². The summed E-state index contributed by atoms with van der Waals surface area (Å²) < 4.78 is 11.0. The van der Waals surface area contributed by atoms with Gasteiger partial charge in [-0.3, -0.25) is 0 Å². The molecule has 0 aliphatic heterocycles. The maximum Gasteiger partial charge on any atom is 0.157 e. The van der Waals surface area contributed by atoms with E-state index in [0.29, 0.717) is 18.9 Å². The van der Waals surface area contributed by atoms with Crippen LogP contribution in [0.25, 0.3) is 0 Å². The third kappa shape index (κ3) is 7.06. The summed E-state index contributed by atoms with van der Waals surface area (Å²) in [6.45, 7) is 12.3. The fraction of sp³-hybridized carbons (Fsp3) is 1.00. The zero-order valence-electron chi connectivity index (χ0n) is 10.9. The summed E-state index contributed by atoms with van der Waals surface area (Å²) in [5.74, 6) is 0. The van der Waals surface area contributed by atoms with Crippen LogP contribution in [0.4, 0.5) is 0 Å².